The Labute approximate surface area is 88.5 Å². The molecule has 0 bridgehead atoms. The van der Waals surface area contributed by atoms with Gasteiger partial charge in [0.2, 0.25) is 0 Å². The second-order valence-electron chi connectivity index (χ2n) is 2.71. The second-order valence-corrected chi connectivity index (χ2v) is 4.31. The van der Waals surface area contributed by atoms with E-state index in [1.165, 1.54) is 0 Å². The first-order valence-corrected chi connectivity index (χ1v) is 5.52. The van der Waals surface area contributed by atoms with Crippen molar-refractivity contribution in [3.8, 4) is 0 Å². The van der Waals surface area contributed by atoms with Gasteiger partial charge in [0.15, 0.2) is 0 Å². The van der Waals surface area contributed by atoms with Crippen LogP contribution in [0.1, 0.15) is 17.2 Å². The lowest BCUT2D eigenvalue weighted by molar-refractivity contribution is 0.562. The normalized spacial score (nSPS) is 13.1. The average Bonchev–Trinajstić information content (AvgIpc) is 2.72. The molecule has 68 valence electrons. The summed E-state index contributed by atoms with van der Waals surface area (Å²) in [7, 11) is 0. The highest BCUT2D eigenvalue weighted by molar-refractivity contribution is 9.10. The van der Waals surface area contributed by atoms with Gasteiger partial charge in [0.05, 0.1) is 18.6 Å². The Kier molecular flexibility index (Phi) is 2.53. The van der Waals surface area contributed by atoms with Crippen LogP contribution in [0.2, 0.25) is 0 Å². The number of halogens is 1. The lowest BCUT2D eigenvalue weighted by Gasteiger charge is -2.07. The summed E-state index contributed by atoms with van der Waals surface area (Å²) in [5.74, 6) is 0. The monoisotopic (exact) mass is 257 g/mol. The summed E-state index contributed by atoms with van der Waals surface area (Å²) in [5.41, 5.74) is 8.12. The topological polar surface area (TPSA) is 39.2 Å². The van der Waals surface area contributed by atoms with Gasteiger partial charge < -0.3 is 10.2 Å². The number of furan rings is 1. The Hall–Kier alpha value is -0.580. The van der Waals surface area contributed by atoms with Gasteiger partial charge in [0.1, 0.15) is 0 Å². The quantitative estimate of drug-likeness (QED) is 0.898. The Morgan fingerprint density at radius 3 is 2.85 bits per heavy atom. The number of nitrogens with two attached hydrogens (primary N) is 1. The predicted octanol–water partition coefficient (Wildman–Crippen LogP) is 3.15. The molecule has 0 aromatic carbocycles. The van der Waals surface area contributed by atoms with Crippen molar-refractivity contribution in [3.63, 3.8) is 0 Å². The standard InChI is InChI=1S/C9H8BrNOS/c10-8-5-13-4-7(8)9(11)6-1-2-12-3-6/h1-5,9H,11H2. The zero-order valence-electron chi connectivity index (χ0n) is 6.74. The molecule has 2 aromatic rings. The molecule has 0 amide bonds. The first-order chi connectivity index (χ1) is 6.29. The van der Waals surface area contributed by atoms with Gasteiger partial charge in [-0.3, -0.25) is 0 Å². The van der Waals surface area contributed by atoms with Crippen LogP contribution in [-0.4, -0.2) is 0 Å². The molecule has 0 saturated carbocycles. The van der Waals surface area contributed by atoms with E-state index in [-0.39, 0.29) is 6.04 Å². The van der Waals surface area contributed by atoms with Crippen LogP contribution in [0.25, 0.3) is 0 Å². The van der Waals surface area contributed by atoms with Crippen molar-refractivity contribution in [3.05, 3.63) is 45.0 Å². The van der Waals surface area contributed by atoms with Gasteiger partial charge in [0, 0.05) is 15.4 Å². The highest BCUT2D eigenvalue weighted by Crippen LogP contribution is 2.29. The van der Waals surface area contributed by atoms with E-state index in [9.17, 15) is 0 Å². The summed E-state index contributed by atoms with van der Waals surface area (Å²) >= 11 is 5.09. The number of rotatable bonds is 2. The molecule has 2 N–H and O–H groups in total. The van der Waals surface area contributed by atoms with E-state index < -0.39 is 0 Å². The van der Waals surface area contributed by atoms with Crippen molar-refractivity contribution in [2.45, 2.75) is 6.04 Å². The molecule has 0 radical (unpaired) electrons. The van der Waals surface area contributed by atoms with Crippen molar-refractivity contribution in [2.24, 2.45) is 5.73 Å². The molecular formula is C9H8BrNOS. The van der Waals surface area contributed by atoms with Crippen molar-refractivity contribution in [1.29, 1.82) is 0 Å². The molecule has 0 fully saturated rings. The molecule has 2 nitrogen and oxygen atoms in total. The zero-order chi connectivity index (χ0) is 9.26. The number of hydrogen-bond acceptors (Lipinski definition) is 3. The molecule has 13 heavy (non-hydrogen) atoms. The van der Waals surface area contributed by atoms with Gasteiger partial charge in [-0.15, -0.1) is 0 Å². The van der Waals surface area contributed by atoms with Gasteiger partial charge in [-0.2, -0.15) is 11.3 Å². The van der Waals surface area contributed by atoms with Gasteiger partial charge in [-0.1, -0.05) is 0 Å². The Morgan fingerprint density at radius 1 is 1.46 bits per heavy atom. The molecule has 4 heteroatoms. The van der Waals surface area contributed by atoms with E-state index in [1.54, 1.807) is 23.9 Å². The van der Waals surface area contributed by atoms with Gasteiger partial charge >= 0.3 is 0 Å². The number of hydrogen-bond donors (Lipinski definition) is 1. The fourth-order valence-corrected chi connectivity index (χ4v) is 2.72. The van der Waals surface area contributed by atoms with Crippen LogP contribution in [0.4, 0.5) is 0 Å². The summed E-state index contributed by atoms with van der Waals surface area (Å²) in [4.78, 5) is 0. The Bertz CT molecular complexity index is 382. The fourth-order valence-electron chi connectivity index (χ4n) is 1.14. The van der Waals surface area contributed by atoms with E-state index in [4.69, 9.17) is 10.2 Å². The van der Waals surface area contributed by atoms with Gasteiger partial charge in [0.25, 0.3) is 0 Å². The van der Waals surface area contributed by atoms with Crippen LogP contribution >= 0.6 is 27.3 Å². The maximum atomic E-state index is 6.02. The van der Waals surface area contributed by atoms with E-state index in [0.717, 1.165) is 15.6 Å². The van der Waals surface area contributed by atoms with Gasteiger partial charge in [-0.25, -0.2) is 0 Å². The summed E-state index contributed by atoms with van der Waals surface area (Å²) in [5, 5.41) is 4.07. The van der Waals surface area contributed by atoms with Crippen molar-refractivity contribution in [2.75, 3.05) is 0 Å². The third-order valence-corrected chi connectivity index (χ3v) is 3.63. The van der Waals surface area contributed by atoms with E-state index in [2.05, 4.69) is 15.9 Å². The smallest absolute Gasteiger partial charge is 0.0953 e. The van der Waals surface area contributed by atoms with Crippen LogP contribution < -0.4 is 5.73 Å². The highest BCUT2D eigenvalue weighted by Gasteiger charge is 2.13. The maximum absolute atomic E-state index is 6.02. The van der Waals surface area contributed by atoms with E-state index in [0.29, 0.717) is 0 Å². The van der Waals surface area contributed by atoms with Crippen molar-refractivity contribution in [1.82, 2.24) is 0 Å². The lowest BCUT2D eigenvalue weighted by Crippen LogP contribution is -2.10. The van der Waals surface area contributed by atoms with Crippen molar-refractivity contribution >= 4 is 27.3 Å². The van der Waals surface area contributed by atoms with Crippen LogP contribution in [0.3, 0.4) is 0 Å². The molecule has 1 unspecified atom stereocenters. The average molecular weight is 258 g/mol. The van der Waals surface area contributed by atoms with Gasteiger partial charge in [-0.05, 0) is 32.9 Å². The molecule has 0 aliphatic heterocycles. The summed E-state index contributed by atoms with van der Waals surface area (Å²) in [6.07, 6.45) is 3.31. The molecule has 0 aliphatic carbocycles. The molecule has 0 saturated heterocycles. The minimum absolute atomic E-state index is 0.0978. The third-order valence-electron chi connectivity index (χ3n) is 1.88. The largest absolute Gasteiger partial charge is 0.472 e. The summed E-state index contributed by atoms with van der Waals surface area (Å²) in [6, 6.07) is 1.79. The van der Waals surface area contributed by atoms with E-state index in [1.807, 2.05) is 16.8 Å². The maximum Gasteiger partial charge on any atom is 0.0953 e. The highest BCUT2D eigenvalue weighted by atomic mass is 79.9. The minimum atomic E-state index is -0.0978. The second kappa shape index (κ2) is 3.65. The van der Waals surface area contributed by atoms with Crippen LogP contribution in [0.15, 0.2) is 38.2 Å². The SMILES string of the molecule is NC(c1ccoc1)c1cscc1Br. The van der Waals surface area contributed by atoms with Crippen LogP contribution in [0, 0.1) is 0 Å². The predicted molar refractivity (Wildman–Crippen MR) is 56.8 cm³/mol. The molecular weight excluding hydrogens is 250 g/mol. The molecule has 1 atom stereocenters. The van der Waals surface area contributed by atoms with Crippen LogP contribution in [0.5, 0.6) is 0 Å². The lowest BCUT2D eigenvalue weighted by atomic mass is 10.1. The van der Waals surface area contributed by atoms with E-state index >= 15 is 0 Å². The Balaban J connectivity index is 2.33. The molecule has 0 aliphatic rings. The fraction of sp³-hybridized carbons (Fsp3) is 0.111. The first kappa shape index (κ1) is 8.99. The molecule has 2 rings (SSSR count). The molecule has 0 spiro atoms. The van der Waals surface area contributed by atoms with Crippen molar-refractivity contribution < 1.29 is 4.42 Å². The molecule has 2 aromatic heterocycles. The Morgan fingerprint density at radius 2 is 2.31 bits per heavy atom. The minimum Gasteiger partial charge on any atom is -0.472 e. The summed E-state index contributed by atoms with van der Waals surface area (Å²) in [6.45, 7) is 0. The zero-order valence-corrected chi connectivity index (χ0v) is 9.14. The summed E-state index contributed by atoms with van der Waals surface area (Å²) < 4.78 is 6.04. The number of thiophene rings is 1. The first-order valence-electron chi connectivity index (χ1n) is 3.78. The van der Waals surface area contributed by atoms with Crippen LogP contribution in [-0.2, 0) is 0 Å². The molecule has 2 heterocycles. The third kappa shape index (κ3) is 1.70.